The minimum atomic E-state index is -0.479. The maximum atomic E-state index is 11.7. The Kier molecular flexibility index (Phi) is 5.99. The molecular weight excluding hydrogens is 294 g/mol. The highest BCUT2D eigenvalue weighted by Crippen LogP contribution is 2.09. The molecule has 0 saturated carbocycles. The molecule has 23 heavy (non-hydrogen) atoms. The standard InChI is InChI=1S/C17H19N3O3/c18-17(22)13-6-8-14(9-7-13)20-12-16(21)19-10-11-23-15-4-2-1-3-5-15/h1-9,20H,10-12H2,(H2,18,22)(H,19,21). The zero-order chi connectivity index (χ0) is 16.5. The molecule has 0 atom stereocenters. The maximum absolute atomic E-state index is 11.7. The smallest absolute Gasteiger partial charge is 0.248 e. The van der Waals surface area contributed by atoms with Crippen LogP contribution < -0.4 is 21.1 Å². The Morgan fingerprint density at radius 1 is 1.00 bits per heavy atom. The molecule has 0 aliphatic heterocycles. The fraction of sp³-hybridized carbons (Fsp3) is 0.176. The Morgan fingerprint density at radius 3 is 2.35 bits per heavy atom. The summed E-state index contributed by atoms with van der Waals surface area (Å²) in [5.74, 6) is 0.155. The molecule has 0 aromatic heterocycles. The van der Waals surface area contributed by atoms with E-state index in [2.05, 4.69) is 10.6 Å². The van der Waals surface area contributed by atoms with E-state index in [1.54, 1.807) is 24.3 Å². The van der Waals surface area contributed by atoms with Gasteiger partial charge in [0.05, 0.1) is 13.1 Å². The molecular formula is C17H19N3O3. The first-order valence-corrected chi connectivity index (χ1v) is 7.23. The number of nitrogens with two attached hydrogens (primary N) is 1. The molecule has 0 unspecified atom stereocenters. The second-order valence-electron chi connectivity index (χ2n) is 4.81. The van der Waals surface area contributed by atoms with E-state index in [1.165, 1.54) is 0 Å². The monoisotopic (exact) mass is 313 g/mol. The number of benzene rings is 2. The Balaban J connectivity index is 1.64. The molecule has 0 spiro atoms. The van der Waals surface area contributed by atoms with Gasteiger partial charge in [0.25, 0.3) is 0 Å². The van der Waals surface area contributed by atoms with Gasteiger partial charge in [0.1, 0.15) is 12.4 Å². The van der Waals surface area contributed by atoms with E-state index in [4.69, 9.17) is 10.5 Å². The SMILES string of the molecule is NC(=O)c1ccc(NCC(=O)NCCOc2ccccc2)cc1. The molecule has 0 heterocycles. The number of para-hydroxylation sites is 1. The number of amides is 2. The van der Waals surface area contributed by atoms with Crippen molar-refractivity contribution in [2.75, 3.05) is 25.0 Å². The molecule has 0 radical (unpaired) electrons. The number of primary amides is 1. The van der Waals surface area contributed by atoms with E-state index in [0.717, 1.165) is 11.4 Å². The summed E-state index contributed by atoms with van der Waals surface area (Å²) in [4.78, 5) is 22.7. The van der Waals surface area contributed by atoms with Crippen LogP contribution in [0.5, 0.6) is 5.75 Å². The lowest BCUT2D eigenvalue weighted by Crippen LogP contribution is -2.33. The summed E-state index contributed by atoms with van der Waals surface area (Å²) >= 11 is 0. The highest BCUT2D eigenvalue weighted by atomic mass is 16.5. The predicted octanol–water partition coefficient (Wildman–Crippen LogP) is 1.39. The molecule has 2 aromatic carbocycles. The minimum Gasteiger partial charge on any atom is -0.492 e. The van der Waals surface area contributed by atoms with Gasteiger partial charge in [-0.25, -0.2) is 0 Å². The summed E-state index contributed by atoms with van der Waals surface area (Å²) in [6, 6.07) is 16.0. The number of anilines is 1. The molecule has 0 aliphatic rings. The quantitative estimate of drug-likeness (QED) is 0.642. The Labute approximate surface area is 134 Å². The summed E-state index contributed by atoms with van der Waals surface area (Å²) in [6.07, 6.45) is 0. The molecule has 2 aromatic rings. The van der Waals surface area contributed by atoms with Crippen molar-refractivity contribution in [3.8, 4) is 5.75 Å². The van der Waals surface area contributed by atoms with Crippen molar-refractivity contribution >= 4 is 17.5 Å². The third-order valence-electron chi connectivity index (χ3n) is 3.06. The third-order valence-corrected chi connectivity index (χ3v) is 3.06. The van der Waals surface area contributed by atoms with E-state index in [0.29, 0.717) is 18.7 Å². The van der Waals surface area contributed by atoms with Gasteiger partial charge in [-0.2, -0.15) is 0 Å². The molecule has 2 amide bonds. The normalized spacial score (nSPS) is 9.91. The van der Waals surface area contributed by atoms with Crippen LogP contribution in [0.15, 0.2) is 54.6 Å². The molecule has 6 heteroatoms. The van der Waals surface area contributed by atoms with Gasteiger partial charge in [-0.3, -0.25) is 9.59 Å². The highest BCUT2D eigenvalue weighted by Gasteiger charge is 2.02. The predicted molar refractivity (Wildman–Crippen MR) is 88.4 cm³/mol. The molecule has 2 rings (SSSR count). The fourth-order valence-electron chi connectivity index (χ4n) is 1.87. The van der Waals surface area contributed by atoms with Gasteiger partial charge in [0.15, 0.2) is 0 Å². The van der Waals surface area contributed by atoms with Gasteiger partial charge in [-0.1, -0.05) is 18.2 Å². The molecule has 120 valence electrons. The number of carbonyl (C=O) groups is 2. The van der Waals surface area contributed by atoms with Crippen molar-refractivity contribution in [3.05, 3.63) is 60.2 Å². The van der Waals surface area contributed by atoms with E-state index in [1.807, 2.05) is 30.3 Å². The van der Waals surface area contributed by atoms with E-state index >= 15 is 0 Å². The first kappa shape index (κ1) is 16.4. The summed E-state index contributed by atoms with van der Waals surface area (Å²) in [5, 5.41) is 5.72. The van der Waals surface area contributed by atoms with Crippen LogP contribution in [0, 0.1) is 0 Å². The summed E-state index contributed by atoms with van der Waals surface area (Å²) in [5.41, 5.74) is 6.33. The van der Waals surface area contributed by atoms with Crippen LogP contribution in [0.4, 0.5) is 5.69 Å². The largest absolute Gasteiger partial charge is 0.492 e. The molecule has 0 bridgehead atoms. The van der Waals surface area contributed by atoms with Crippen molar-refractivity contribution < 1.29 is 14.3 Å². The number of hydrogen-bond acceptors (Lipinski definition) is 4. The summed E-state index contributed by atoms with van der Waals surface area (Å²) in [7, 11) is 0. The van der Waals surface area contributed by atoms with Crippen molar-refractivity contribution in [1.29, 1.82) is 0 Å². The van der Waals surface area contributed by atoms with Crippen LogP contribution in [0.25, 0.3) is 0 Å². The lowest BCUT2D eigenvalue weighted by Gasteiger charge is -2.09. The van der Waals surface area contributed by atoms with Crippen molar-refractivity contribution in [1.82, 2.24) is 5.32 Å². The van der Waals surface area contributed by atoms with Gasteiger partial charge >= 0.3 is 0 Å². The van der Waals surface area contributed by atoms with Crippen LogP contribution >= 0.6 is 0 Å². The number of ether oxygens (including phenoxy) is 1. The lowest BCUT2D eigenvalue weighted by atomic mass is 10.2. The average Bonchev–Trinajstić information content (AvgIpc) is 2.58. The van der Waals surface area contributed by atoms with Crippen LogP contribution in [-0.4, -0.2) is 31.5 Å². The second kappa shape index (κ2) is 8.43. The van der Waals surface area contributed by atoms with Crippen LogP contribution in [0.2, 0.25) is 0 Å². The molecule has 4 N–H and O–H groups in total. The Bertz CT molecular complexity index is 642. The number of nitrogens with one attached hydrogen (secondary N) is 2. The van der Waals surface area contributed by atoms with Gasteiger partial charge in [-0.15, -0.1) is 0 Å². The maximum Gasteiger partial charge on any atom is 0.248 e. The van der Waals surface area contributed by atoms with Crippen LogP contribution in [-0.2, 0) is 4.79 Å². The first-order valence-electron chi connectivity index (χ1n) is 7.23. The Morgan fingerprint density at radius 2 is 1.70 bits per heavy atom. The first-order chi connectivity index (χ1) is 11.1. The van der Waals surface area contributed by atoms with Gasteiger partial charge < -0.3 is 21.1 Å². The zero-order valence-electron chi connectivity index (χ0n) is 12.6. The van der Waals surface area contributed by atoms with E-state index in [9.17, 15) is 9.59 Å². The lowest BCUT2D eigenvalue weighted by molar-refractivity contribution is -0.119. The zero-order valence-corrected chi connectivity index (χ0v) is 12.6. The van der Waals surface area contributed by atoms with E-state index in [-0.39, 0.29) is 12.5 Å². The number of carbonyl (C=O) groups excluding carboxylic acids is 2. The van der Waals surface area contributed by atoms with Crippen molar-refractivity contribution in [3.63, 3.8) is 0 Å². The van der Waals surface area contributed by atoms with Crippen molar-refractivity contribution in [2.45, 2.75) is 0 Å². The fourth-order valence-corrected chi connectivity index (χ4v) is 1.87. The molecule has 0 saturated heterocycles. The summed E-state index contributed by atoms with van der Waals surface area (Å²) in [6.45, 7) is 0.973. The van der Waals surface area contributed by atoms with Gasteiger partial charge in [0, 0.05) is 11.3 Å². The van der Waals surface area contributed by atoms with Crippen LogP contribution in [0.1, 0.15) is 10.4 Å². The number of hydrogen-bond donors (Lipinski definition) is 3. The Hall–Kier alpha value is -3.02. The van der Waals surface area contributed by atoms with E-state index < -0.39 is 5.91 Å². The third kappa shape index (κ3) is 5.70. The second-order valence-corrected chi connectivity index (χ2v) is 4.81. The van der Waals surface area contributed by atoms with Gasteiger partial charge in [0.2, 0.25) is 11.8 Å². The average molecular weight is 313 g/mol. The minimum absolute atomic E-state index is 0.138. The topological polar surface area (TPSA) is 93.5 Å². The van der Waals surface area contributed by atoms with Gasteiger partial charge in [-0.05, 0) is 36.4 Å². The van der Waals surface area contributed by atoms with Crippen LogP contribution in [0.3, 0.4) is 0 Å². The molecule has 0 fully saturated rings. The molecule has 0 aliphatic carbocycles. The highest BCUT2D eigenvalue weighted by molar-refractivity contribution is 5.93. The summed E-state index contributed by atoms with van der Waals surface area (Å²) < 4.78 is 5.48. The van der Waals surface area contributed by atoms with Crippen molar-refractivity contribution in [2.24, 2.45) is 5.73 Å². The molecule has 6 nitrogen and oxygen atoms in total. The number of rotatable bonds is 8.